The number of Topliss-reactive ketones (excluding diaryl/α,β-unsaturated/α-hetero) is 1. The fraction of sp³-hybridized carbons (Fsp3) is 0.400. The minimum atomic E-state index is -1.09. The van der Waals surface area contributed by atoms with E-state index < -0.39 is 23.1 Å². The van der Waals surface area contributed by atoms with Crippen molar-refractivity contribution in [3.05, 3.63) is 63.8 Å². The lowest BCUT2D eigenvalue weighted by atomic mass is 10.0. The second kappa shape index (κ2) is 10.0. The Hall–Kier alpha value is -3.86. The van der Waals surface area contributed by atoms with Gasteiger partial charge < -0.3 is 24.6 Å². The average Bonchev–Trinajstić information content (AvgIpc) is 3.32. The molecular formula is C25H31FN6O4. The Bertz CT molecular complexity index is 1340. The first-order valence-electron chi connectivity index (χ1n) is 11.3. The lowest BCUT2D eigenvalue weighted by Gasteiger charge is -2.22. The third-order valence-electron chi connectivity index (χ3n) is 5.90. The number of carbonyl (C=O) groups excluding carboxylic acids is 3. The van der Waals surface area contributed by atoms with Gasteiger partial charge in [-0.15, -0.1) is 0 Å². The van der Waals surface area contributed by atoms with E-state index in [1.54, 1.807) is 41.7 Å². The summed E-state index contributed by atoms with van der Waals surface area (Å²) in [4.78, 5) is 45.4. The second-order valence-corrected chi connectivity index (χ2v) is 9.57. The third-order valence-corrected chi connectivity index (χ3v) is 5.90. The molecule has 1 aromatic carbocycles. The number of ketones is 1. The van der Waals surface area contributed by atoms with Crippen molar-refractivity contribution in [3.63, 3.8) is 0 Å². The van der Waals surface area contributed by atoms with Gasteiger partial charge in [-0.05, 0) is 78.0 Å². The van der Waals surface area contributed by atoms with Crippen LogP contribution in [0, 0.1) is 26.6 Å². The van der Waals surface area contributed by atoms with Crippen molar-refractivity contribution < 1.29 is 23.3 Å². The van der Waals surface area contributed by atoms with Crippen molar-refractivity contribution in [1.29, 1.82) is 0 Å². The number of rotatable bonds is 8. The smallest absolute Gasteiger partial charge is 0.294 e. The number of hydrogen-bond acceptors (Lipinski definition) is 7. The zero-order valence-corrected chi connectivity index (χ0v) is 21.7. The van der Waals surface area contributed by atoms with Crippen molar-refractivity contribution in [2.24, 2.45) is 7.05 Å². The highest BCUT2D eigenvalue weighted by molar-refractivity contribution is 6.43. The van der Waals surface area contributed by atoms with Crippen molar-refractivity contribution in [2.45, 2.75) is 46.7 Å². The average molecular weight is 499 g/mol. The predicted molar refractivity (Wildman–Crippen MR) is 131 cm³/mol. The molecule has 0 fully saturated rings. The van der Waals surface area contributed by atoms with Crippen LogP contribution in [0.3, 0.4) is 0 Å². The Kier molecular flexibility index (Phi) is 7.44. The van der Waals surface area contributed by atoms with Crippen LogP contribution in [0.5, 0.6) is 0 Å². The number of carbonyl (C=O) groups is 3. The highest BCUT2D eigenvalue weighted by atomic mass is 19.1. The number of nitrogens with one attached hydrogen (secondary N) is 2. The first-order chi connectivity index (χ1) is 16.7. The Morgan fingerprint density at radius 1 is 1.17 bits per heavy atom. The minimum absolute atomic E-state index is 0.0858. The van der Waals surface area contributed by atoms with Gasteiger partial charge in [-0.25, -0.2) is 4.39 Å². The third kappa shape index (κ3) is 5.35. The number of halogens is 1. The molecule has 192 valence electrons. The second-order valence-electron chi connectivity index (χ2n) is 9.57. The normalized spacial score (nSPS) is 11.6. The largest absolute Gasteiger partial charge is 0.344 e. The molecule has 2 N–H and O–H groups in total. The summed E-state index contributed by atoms with van der Waals surface area (Å²) in [6.45, 7) is 8.64. The van der Waals surface area contributed by atoms with E-state index >= 15 is 0 Å². The molecule has 0 unspecified atom stereocenters. The Balaban J connectivity index is 1.83. The van der Waals surface area contributed by atoms with E-state index in [0.29, 0.717) is 34.9 Å². The molecule has 10 nitrogen and oxygen atoms in total. The quantitative estimate of drug-likeness (QED) is 0.362. The van der Waals surface area contributed by atoms with Crippen LogP contribution in [-0.4, -0.2) is 51.3 Å². The highest BCUT2D eigenvalue weighted by Crippen LogP contribution is 2.25. The molecule has 3 aromatic rings. The lowest BCUT2D eigenvalue weighted by molar-refractivity contribution is -0.118. The van der Waals surface area contributed by atoms with Gasteiger partial charge in [0, 0.05) is 18.4 Å². The van der Waals surface area contributed by atoms with E-state index in [-0.39, 0.29) is 22.9 Å². The van der Waals surface area contributed by atoms with E-state index in [4.69, 9.17) is 4.52 Å². The van der Waals surface area contributed by atoms with Gasteiger partial charge in [0.25, 0.3) is 17.6 Å². The van der Waals surface area contributed by atoms with Crippen LogP contribution in [0.4, 0.5) is 10.1 Å². The van der Waals surface area contributed by atoms with E-state index in [0.717, 1.165) is 0 Å². The number of aromatic nitrogens is 3. The molecule has 3 rings (SSSR count). The van der Waals surface area contributed by atoms with Gasteiger partial charge in [0.2, 0.25) is 5.89 Å². The Labute approximate surface area is 208 Å². The summed E-state index contributed by atoms with van der Waals surface area (Å²) < 4.78 is 20.3. The maximum atomic E-state index is 13.6. The predicted octanol–water partition coefficient (Wildman–Crippen LogP) is 3.02. The molecule has 11 heteroatoms. The molecule has 0 aliphatic heterocycles. The van der Waals surface area contributed by atoms with Crippen LogP contribution in [0.25, 0.3) is 0 Å². The summed E-state index contributed by atoms with van der Waals surface area (Å²) in [5.74, 6) is -1.91. The summed E-state index contributed by atoms with van der Waals surface area (Å²) in [5, 5.41) is 9.33. The maximum absolute atomic E-state index is 13.6. The zero-order chi connectivity index (χ0) is 26.9. The van der Waals surface area contributed by atoms with Gasteiger partial charge in [-0.2, -0.15) is 4.98 Å². The number of hydrogen-bond donors (Lipinski definition) is 2. The maximum Gasteiger partial charge on any atom is 0.294 e. The molecule has 0 radical (unpaired) electrons. The van der Waals surface area contributed by atoms with Crippen LogP contribution in [0.2, 0.25) is 0 Å². The topological polar surface area (TPSA) is 122 Å². The molecule has 2 heterocycles. The van der Waals surface area contributed by atoms with Gasteiger partial charge >= 0.3 is 0 Å². The first-order valence-corrected chi connectivity index (χ1v) is 11.3. The van der Waals surface area contributed by atoms with Gasteiger partial charge in [0.1, 0.15) is 5.82 Å². The molecule has 0 saturated carbocycles. The SMILES string of the molecule is Cc1cc(NC(=O)c2c(C)c(C(=O)C(=O)NC(C)(C)c3noc(CN(C)C)n3)n(C)c2C)ccc1F. The molecule has 2 amide bonds. The van der Waals surface area contributed by atoms with Crippen molar-refractivity contribution in [3.8, 4) is 0 Å². The van der Waals surface area contributed by atoms with E-state index in [1.807, 2.05) is 19.0 Å². The summed E-state index contributed by atoms with van der Waals surface area (Å²) >= 11 is 0. The number of anilines is 1. The monoisotopic (exact) mass is 498 g/mol. The first kappa shape index (κ1) is 26.7. The Morgan fingerprint density at radius 3 is 2.44 bits per heavy atom. The summed E-state index contributed by atoms with van der Waals surface area (Å²) in [6.07, 6.45) is 0. The van der Waals surface area contributed by atoms with Crippen LogP contribution in [0.1, 0.15) is 63.2 Å². The molecule has 36 heavy (non-hydrogen) atoms. The van der Waals surface area contributed by atoms with Gasteiger partial charge in [-0.1, -0.05) is 5.16 Å². The molecule has 0 saturated heterocycles. The van der Waals surface area contributed by atoms with Crippen LogP contribution in [-0.2, 0) is 23.9 Å². The fourth-order valence-electron chi connectivity index (χ4n) is 3.90. The summed E-state index contributed by atoms with van der Waals surface area (Å²) in [6, 6.07) is 4.24. The van der Waals surface area contributed by atoms with Crippen molar-refractivity contribution >= 4 is 23.3 Å². The van der Waals surface area contributed by atoms with Gasteiger partial charge in [-0.3, -0.25) is 14.4 Å². The molecule has 0 spiro atoms. The van der Waals surface area contributed by atoms with E-state index in [2.05, 4.69) is 20.8 Å². The molecule has 0 bridgehead atoms. The zero-order valence-electron chi connectivity index (χ0n) is 21.7. The Morgan fingerprint density at radius 2 is 1.83 bits per heavy atom. The number of benzene rings is 1. The van der Waals surface area contributed by atoms with Gasteiger partial charge in [0.05, 0.1) is 23.3 Å². The van der Waals surface area contributed by atoms with E-state index in [9.17, 15) is 18.8 Å². The summed E-state index contributed by atoms with van der Waals surface area (Å²) in [5.41, 5.74) is 0.935. The highest BCUT2D eigenvalue weighted by Gasteiger charge is 2.34. The number of nitrogens with zero attached hydrogens (tertiary/aromatic N) is 4. The molecule has 2 aromatic heterocycles. The summed E-state index contributed by atoms with van der Waals surface area (Å²) in [7, 11) is 5.32. The van der Waals surface area contributed by atoms with Crippen molar-refractivity contribution in [2.75, 3.05) is 19.4 Å². The number of aryl methyl sites for hydroxylation is 1. The van der Waals surface area contributed by atoms with Crippen molar-refractivity contribution in [1.82, 2.24) is 24.9 Å². The lowest BCUT2D eigenvalue weighted by Crippen LogP contribution is -2.45. The van der Waals surface area contributed by atoms with Crippen LogP contribution in [0.15, 0.2) is 22.7 Å². The fourth-order valence-corrected chi connectivity index (χ4v) is 3.90. The number of amides is 2. The molecule has 0 aliphatic rings. The van der Waals surface area contributed by atoms with Crippen LogP contribution >= 0.6 is 0 Å². The minimum Gasteiger partial charge on any atom is -0.344 e. The molecular weight excluding hydrogens is 467 g/mol. The standard InChI is InChI=1S/C25H31FN6O4/c1-13-11-16(9-10-17(13)26)27-22(34)19-14(2)20(32(8)15(19)3)21(33)23(35)29-25(4,5)24-28-18(36-30-24)12-31(6)7/h9-11H,12H2,1-8H3,(H,27,34)(H,29,35). The van der Waals surface area contributed by atoms with Gasteiger partial charge in [0.15, 0.2) is 5.82 Å². The van der Waals surface area contributed by atoms with Crippen LogP contribution < -0.4 is 10.6 Å². The molecule has 0 atom stereocenters. The van der Waals surface area contributed by atoms with E-state index in [1.165, 1.54) is 22.8 Å². The molecule has 0 aliphatic carbocycles.